The highest BCUT2D eigenvalue weighted by Crippen LogP contribution is 2.45. The number of carboxylic acid groups (broad SMARTS) is 1. The number of terminal acetylenes is 1. The fourth-order valence-electron chi connectivity index (χ4n) is 2.43. The predicted octanol–water partition coefficient (Wildman–Crippen LogP) is 7.51. The molecule has 0 radical (unpaired) electrons. The van der Waals surface area contributed by atoms with E-state index in [1.165, 1.54) is 0 Å². The van der Waals surface area contributed by atoms with Gasteiger partial charge in [0.15, 0.2) is 16.6 Å². The lowest BCUT2D eigenvalue weighted by molar-refractivity contribution is -0.194. The number of carbonyl (C=O) groups is 1. The number of aliphatic carboxylic acids is 1. The highest BCUT2D eigenvalue weighted by atomic mass is 28.4. The van der Waals surface area contributed by atoms with Crippen LogP contribution in [0.15, 0.2) is 24.3 Å². The normalized spacial score (nSPS) is 13.7. The zero-order chi connectivity index (χ0) is 26.0. The molecular weight excluding hydrogens is 444 g/mol. The van der Waals surface area contributed by atoms with Crippen molar-refractivity contribution in [3.8, 4) is 24.2 Å². The van der Waals surface area contributed by atoms with Crippen LogP contribution in [0.4, 0.5) is 0 Å². The topological polar surface area (TPSA) is 55.8 Å². The first-order valence-corrected chi connectivity index (χ1v) is 17.6. The Morgan fingerprint density at radius 2 is 1.45 bits per heavy atom. The molecule has 0 saturated carbocycles. The van der Waals surface area contributed by atoms with Crippen molar-refractivity contribution >= 4 is 22.6 Å². The largest absolute Gasteiger partial charge is 0.477 e. The Kier molecular flexibility index (Phi) is 12.2. The number of carboxylic acids is 1. The van der Waals surface area contributed by atoms with Crippen LogP contribution in [-0.4, -0.2) is 33.5 Å². The Morgan fingerprint density at radius 3 is 1.88 bits per heavy atom. The number of unbranched alkanes of at least 4 members (excludes halogenated alkanes) is 2. The van der Waals surface area contributed by atoms with E-state index in [-0.39, 0.29) is 16.5 Å². The summed E-state index contributed by atoms with van der Waals surface area (Å²) in [7, 11) is -4.83. The van der Waals surface area contributed by atoms with Crippen LogP contribution in [-0.2, 0) is 13.6 Å². The lowest BCUT2D eigenvalue weighted by Crippen LogP contribution is -2.60. The summed E-state index contributed by atoms with van der Waals surface area (Å²) in [4.78, 5) is 12.7. The van der Waals surface area contributed by atoms with Crippen LogP contribution >= 0.6 is 0 Å². The molecule has 0 bridgehead atoms. The molecule has 0 spiro atoms. The Balaban J connectivity index is 5.59. The van der Waals surface area contributed by atoms with Gasteiger partial charge in [-0.15, -0.1) is 12.3 Å². The number of rotatable bonds is 11. The van der Waals surface area contributed by atoms with E-state index in [1.54, 1.807) is 6.08 Å². The van der Waals surface area contributed by atoms with Crippen molar-refractivity contribution in [2.75, 3.05) is 0 Å². The van der Waals surface area contributed by atoms with Crippen LogP contribution in [0.2, 0.25) is 36.3 Å². The van der Waals surface area contributed by atoms with Crippen LogP contribution in [0.1, 0.15) is 73.6 Å². The first kappa shape index (κ1) is 31.4. The molecule has 4 nitrogen and oxygen atoms in total. The summed E-state index contributed by atoms with van der Waals surface area (Å²) in [5, 5.41) is 10.1. The van der Waals surface area contributed by atoms with Gasteiger partial charge in [0.1, 0.15) is 0 Å². The van der Waals surface area contributed by atoms with E-state index in [0.717, 1.165) is 12.8 Å². The second kappa shape index (κ2) is 12.8. The maximum absolute atomic E-state index is 12.7. The number of allylic oxidation sites excluding steroid dienone is 4. The van der Waals surface area contributed by atoms with Gasteiger partial charge < -0.3 is 14.0 Å². The van der Waals surface area contributed by atoms with Crippen molar-refractivity contribution in [1.82, 2.24) is 0 Å². The molecule has 0 heterocycles. The fourth-order valence-corrected chi connectivity index (χ4v) is 5.24. The molecule has 0 rings (SSSR count). The molecule has 6 heteroatoms. The number of hydrogen-bond donors (Lipinski definition) is 1. The monoisotopic (exact) mass is 490 g/mol. The van der Waals surface area contributed by atoms with E-state index in [9.17, 15) is 9.90 Å². The summed E-state index contributed by atoms with van der Waals surface area (Å²) in [5.41, 5.74) is 0. The van der Waals surface area contributed by atoms with Gasteiger partial charge in [-0.2, -0.15) is 0 Å². The molecule has 0 fully saturated rings. The fraction of sp³-hybridized carbons (Fsp3) is 0.667. The molecule has 0 aliphatic rings. The number of hydrogen-bond acceptors (Lipinski definition) is 3. The summed E-state index contributed by atoms with van der Waals surface area (Å²) < 4.78 is 13.1. The van der Waals surface area contributed by atoms with Gasteiger partial charge in [-0.1, -0.05) is 71.6 Å². The van der Waals surface area contributed by atoms with E-state index in [1.807, 2.05) is 18.2 Å². The Labute approximate surface area is 205 Å². The Bertz CT molecular complexity index is 763. The van der Waals surface area contributed by atoms with Gasteiger partial charge in [-0.25, -0.2) is 4.79 Å². The molecule has 0 aliphatic carbocycles. The summed E-state index contributed by atoms with van der Waals surface area (Å²) in [6.45, 7) is 20.9. The Morgan fingerprint density at radius 1 is 0.939 bits per heavy atom. The van der Waals surface area contributed by atoms with Crippen molar-refractivity contribution < 1.29 is 18.8 Å². The lowest BCUT2D eigenvalue weighted by atomic mass is 10.1. The second-order valence-electron chi connectivity index (χ2n) is 11.5. The third-order valence-corrected chi connectivity index (χ3v) is 15.5. The first-order chi connectivity index (χ1) is 14.9. The van der Waals surface area contributed by atoms with Crippen LogP contribution in [0, 0.1) is 24.2 Å². The average Bonchev–Trinajstić information content (AvgIpc) is 2.63. The van der Waals surface area contributed by atoms with Crippen LogP contribution in [0.25, 0.3) is 0 Å². The summed E-state index contributed by atoms with van der Waals surface area (Å²) >= 11 is 0. The third kappa shape index (κ3) is 10.5. The molecule has 0 saturated heterocycles. The van der Waals surface area contributed by atoms with E-state index < -0.39 is 28.4 Å². The maximum Gasteiger partial charge on any atom is 0.362 e. The summed E-state index contributed by atoms with van der Waals surface area (Å²) in [6, 6.07) is 0. The second-order valence-corrected chi connectivity index (χ2v) is 20.9. The van der Waals surface area contributed by atoms with Gasteiger partial charge in [0.05, 0.1) is 0 Å². The highest BCUT2D eigenvalue weighted by Gasteiger charge is 2.54. The van der Waals surface area contributed by atoms with E-state index in [0.29, 0.717) is 12.8 Å². The minimum absolute atomic E-state index is 0.136. The van der Waals surface area contributed by atoms with E-state index in [2.05, 4.69) is 85.5 Å². The minimum atomic E-state index is -2.41. The molecule has 0 aromatic carbocycles. The molecule has 1 N–H and O–H groups in total. The molecule has 0 aromatic rings. The van der Waals surface area contributed by atoms with Gasteiger partial charge in [0.25, 0.3) is 5.79 Å². The van der Waals surface area contributed by atoms with Gasteiger partial charge in [-0.05, 0) is 55.2 Å². The van der Waals surface area contributed by atoms with Gasteiger partial charge in [-0.3, -0.25) is 0 Å². The maximum atomic E-state index is 12.7. The first-order valence-electron chi connectivity index (χ1n) is 11.8. The summed E-state index contributed by atoms with van der Waals surface area (Å²) in [6.07, 6.45) is 15.8. The average molecular weight is 491 g/mol. The molecule has 33 heavy (non-hydrogen) atoms. The lowest BCUT2D eigenvalue weighted by Gasteiger charge is -2.48. The third-order valence-electron chi connectivity index (χ3n) is 6.57. The van der Waals surface area contributed by atoms with E-state index in [4.69, 9.17) is 15.3 Å². The highest BCUT2D eigenvalue weighted by molar-refractivity contribution is 6.75. The zero-order valence-corrected chi connectivity index (χ0v) is 24.6. The van der Waals surface area contributed by atoms with Gasteiger partial charge in [0, 0.05) is 19.3 Å². The van der Waals surface area contributed by atoms with Crippen LogP contribution in [0.5, 0.6) is 0 Å². The van der Waals surface area contributed by atoms with E-state index >= 15 is 0 Å². The van der Waals surface area contributed by atoms with Crippen molar-refractivity contribution in [3.63, 3.8) is 0 Å². The van der Waals surface area contributed by atoms with Crippen LogP contribution < -0.4 is 0 Å². The molecule has 186 valence electrons. The molecule has 0 atom stereocenters. The van der Waals surface area contributed by atoms with Crippen molar-refractivity contribution in [2.45, 2.75) is 116 Å². The Hall–Kier alpha value is -1.58. The van der Waals surface area contributed by atoms with Crippen molar-refractivity contribution in [1.29, 1.82) is 0 Å². The standard InChI is InChI=1S/C27H46O4Si2/c1-12-13-14-15-16-17-18-19-20-21-22-23-27(24(28)29,30-32(8,9)25(2,3)4)31-33(10,11)26(5,6)7/h1,15-18H,13-14,21-23H2,2-11H3,(H,28,29). The van der Waals surface area contributed by atoms with Gasteiger partial charge >= 0.3 is 5.97 Å². The molecule has 0 aliphatic heterocycles. The SMILES string of the molecule is C#CCCC=CC=CC#CCCCC(O[Si](C)(C)C(C)(C)C)(O[Si](C)(C)C(C)(C)C)C(=O)O. The van der Waals surface area contributed by atoms with Crippen LogP contribution in [0.3, 0.4) is 0 Å². The molecule has 0 aromatic heterocycles. The molecule has 0 unspecified atom stereocenters. The van der Waals surface area contributed by atoms with Gasteiger partial charge in [0.2, 0.25) is 0 Å². The molecule has 0 amide bonds. The smallest absolute Gasteiger partial charge is 0.362 e. The minimum Gasteiger partial charge on any atom is -0.477 e. The predicted molar refractivity (Wildman–Crippen MR) is 145 cm³/mol. The van der Waals surface area contributed by atoms with Crippen molar-refractivity contribution in [2.24, 2.45) is 0 Å². The summed E-state index contributed by atoms with van der Waals surface area (Å²) in [5.74, 6) is 6.01. The molecular formula is C27H46O4Si2. The quantitative estimate of drug-likeness (QED) is 0.107. The zero-order valence-electron chi connectivity index (χ0n) is 22.6. The van der Waals surface area contributed by atoms with Crippen molar-refractivity contribution in [3.05, 3.63) is 24.3 Å².